The number of allylic oxidation sites excluding steroid dienone is 4. The van der Waals surface area contributed by atoms with Crippen LogP contribution in [0.3, 0.4) is 0 Å². The Kier molecular flexibility index (Phi) is 9.58. The lowest BCUT2D eigenvalue weighted by Crippen LogP contribution is -2.13. The molecule has 2 atom stereocenters. The third-order valence-corrected chi connectivity index (χ3v) is 7.37. The Labute approximate surface area is 180 Å². The van der Waals surface area contributed by atoms with Crippen molar-refractivity contribution in [3.05, 3.63) is 59.7 Å². The fourth-order valence-corrected chi connectivity index (χ4v) is 5.25. The van der Waals surface area contributed by atoms with Gasteiger partial charge in [0.15, 0.2) is 0 Å². The monoisotopic (exact) mass is 392 g/mol. The van der Waals surface area contributed by atoms with Gasteiger partial charge >= 0.3 is 0 Å². The first-order valence-electron chi connectivity index (χ1n) is 12.7. The molecule has 0 radical (unpaired) electrons. The van der Waals surface area contributed by atoms with Crippen molar-refractivity contribution < 1.29 is 0 Å². The van der Waals surface area contributed by atoms with E-state index in [1.54, 1.807) is 0 Å². The molecule has 0 nitrogen and oxygen atoms in total. The fraction of sp³-hybridized carbons (Fsp3) is 0.655. The highest BCUT2D eigenvalue weighted by Gasteiger charge is 2.20. The van der Waals surface area contributed by atoms with Crippen LogP contribution in [-0.2, 0) is 6.42 Å². The third-order valence-electron chi connectivity index (χ3n) is 7.37. The summed E-state index contributed by atoms with van der Waals surface area (Å²) in [6, 6.07) is 9.48. The Morgan fingerprint density at radius 2 is 1.52 bits per heavy atom. The molecular weight excluding hydrogens is 348 g/mol. The first kappa shape index (κ1) is 22.4. The van der Waals surface area contributed by atoms with Gasteiger partial charge in [-0.2, -0.15) is 0 Å². The van der Waals surface area contributed by atoms with Crippen LogP contribution in [0.4, 0.5) is 0 Å². The summed E-state index contributed by atoms with van der Waals surface area (Å²) in [5, 5.41) is 0. The van der Waals surface area contributed by atoms with Crippen LogP contribution in [0.1, 0.15) is 108 Å². The van der Waals surface area contributed by atoms with E-state index in [2.05, 4.69) is 62.4 Å². The maximum atomic E-state index is 2.57. The zero-order valence-corrected chi connectivity index (χ0v) is 19.1. The van der Waals surface area contributed by atoms with Crippen LogP contribution in [0.5, 0.6) is 0 Å². The predicted molar refractivity (Wildman–Crippen MR) is 128 cm³/mol. The molecule has 160 valence electrons. The molecule has 2 aliphatic rings. The molecule has 0 aliphatic heterocycles. The summed E-state index contributed by atoms with van der Waals surface area (Å²) >= 11 is 0. The van der Waals surface area contributed by atoms with Gasteiger partial charge in [-0.1, -0.05) is 94.5 Å². The van der Waals surface area contributed by atoms with Crippen molar-refractivity contribution in [2.45, 2.75) is 103 Å². The van der Waals surface area contributed by atoms with Gasteiger partial charge in [-0.15, -0.1) is 0 Å². The van der Waals surface area contributed by atoms with Crippen LogP contribution < -0.4 is 0 Å². The molecule has 0 spiro atoms. The van der Waals surface area contributed by atoms with Crippen molar-refractivity contribution in [2.75, 3.05) is 0 Å². The highest BCUT2D eigenvalue weighted by atomic mass is 14.3. The largest absolute Gasteiger partial charge is 0.0848 e. The molecule has 0 saturated heterocycles. The average molecular weight is 393 g/mol. The van der Waals surface area contributed by atoms with E-state index in [9.17, 15) is 0 Å². The molecule has 0 bridgehead atoms. The van der Waals surface area contributed by atoms with E-state index in [0.29, 0.717) is 11.8 Å². The minimum absolute atomic E-state index is 0.623. The van der Waals surface area contributed by atoms with Crippen molar-refractivity contribution in [1.29, 1.82) is 0 Å². The Bertz CT molecular complexity index is 612. The fourth-order valence-electron chi connectivity index (χ4n) is 5.25. The summed E-state index contributed by atoms with van der Waals surface area (Å²) in [6.45, 7) is 4.60. The molecule has 1 aromatic carbocycles. The van der Waals surface area contributed by atoms with E-state index in [-0.39, 0.29) is 0 Å². The normalized spacial score (nSPS) is 27.5. The van der Waals surface area contributed by atoms with Gasteiger partial charge in [-0.05, 0) is 80.2 Å². The van der Waals surface area contributed by atoms with Gasteiger partial charge in [0.05, 0.1) is 0 Å². The molecule has 0 heterocycles. The van der Waals surface area contributed by atoms with Gasteiger partial charge in [0.2, 0.25) is 0 Å². The molecule has 29 heavy (non-hydrogen) atoms. The lowest BCUT2D eigenvalue weighted by Gasteiger charge is -2.27. The van der Waals surface area contributed by atoms with E-state index in [1.807, 2.05) is 0 Å². The standard InChI is InChI=1S/C29H44/c1-3-5-7-9-25-16-20-28(21-17-25)29-22-18-27(19-23-29)15-14-26-12-10-24(11-13-26)8-6-4-2/h14-18,20-22,24,26-27,29H,3-13,19,23H2,1-2H3. The summed E-state index contributed by atoms with van der Waals surface area (Å²) < 4.78 is 0. The van der Waals surface area contributed by atoms with Crippen LogP contribution in [0.15, 0.2) is 48.6 Å². The van der Waals surface area contributed by atoms with Crippen molar-refractivity contribution in [3.63, 3.8) is 0 Å². The Morgan fingerprint density at radius 3 is 2.17 bits per heavy atom. The highest BCUT2D eigenvalue weighted by Crippen LogP contribution is 2.34. The Balaban J connectivity index is 1.42. The zero-order valence-electron chi connectivity index (χ0n) is 19.1. The Hall–Kier alpha value is -1.30. The number of benzene rings is 1. The quantitative estimate of drug-likeness (QED) is 0.275. The number of unbranched alkanes of at least 4 members (excludes halogenated alkanes) is 3. The number of aryl methyl sites for hydroxylation is 1. The smallest absolute Gasteiger partial charge is 0.00185 e. The summed E-state index contributed by atoms with van der Waals surface area (Å²) in [5.41, 5.74) is 3.01. The van der Waals surface area contributed by atoms with Gasteiger partial charge in [0, 0.05) is 5.92 Å². The second-order valence-corrected chi connectivity index (χ2v) is 9.74. The highest BCUT2D eigenvalue weighted by molar-refractivity contribution is 5.29. The first-order valence-corrected chi connectivity index (χ1v) is 12.7. The molecule has 0 heteroatoms. The van der Waals surface area contributed by atoms with Crippen molar-refractivity contribution in [2.24, 2.45) is 17.8 Å². The number of hydrogen-bond acceptors (Lipinski definition) is 0. The topological polar surface area (TPSA) is 0 Å². The van der Waals surface area contributed by atoms with Gasteiger partial charge in [-0.25, -0.2) is 0 Å². The van der Waals surface area contributed by atoms with Crippen molar-refractivity contribution >= 4 is 0 Å². The zero-order chi connectivity index (χ0) is 20.3. The predicted octanol–water partition coefficient (Wildman–Crippen LogP) is 9.02. The SMILES string of the molecule is CCCCCc1ccc(C2C=CC(C=CC3CCC(CCCC)CC3)CC2)cc1. The van der Waals surface area contributed by atoms with Gasteiger partial charge in [-0.3, -0.25) is 0 Å². The minimum atomic E-state index is 0.623. The van der Waals surface area contributed by atoms with Crippen molar-refractivity contribution in [1.82, 2.24) is 0 Å². The van der Waals surface area contributed by atoms with E-state index < -0.39 is 0 Å². The second-order valence-electron chi connectivity index (χ2n) is 9.74. The van der Waals surface area contributed by atoms with Crippen LogP contribution in [0, 0.1) is 17.8 Å². The van der Waals surface area contributed by atoms with Crippen LogP contribution in [-0.4, -0.2) is 0 Å². The summed E-state index contributed by atoms with van der Waals surface area (Å²) in [6.07, 6.45) is 27.9. The van der Waals surface area contributed by atoms with Gasteiger partial charge < -0.3 is 0 Å². The van der Waals surface area contributed by atoms with Crippen LogP contribution in [0.25, 0.3) is 0 Å². The molecule has 0 N–H and O–H groups in total. The second kappa shape index (κ2) is 12.4. The van der Waals surface area contributed by atoms with Crippen molar-refractivity contribution in [3.8, 4) is 0 Å². The number of rotatable bonds is 10. The molecule has 2 unspecified atom stereocenters. The first-order chi connectivity index (χ1) is 14.3. The van der Waals surface area contributed by atoms with Crippen LogP contribution in [0.2, 0.25) is 0 Å². The van der Waals surface area contributed by atoms with Gasteiger partial charge in [0.1, 0.15) is 0 Å². The molecule has 1 saturated carbocycles. The molecular formula is C29H44. The molecule has 2 aliphatic carbocycles. The maximum Gasteiger partial charge on any atom is 0.00185 e. The molecule has 1 fully saturated rings. The molecule has 0 aromatic heterocycles. The summed E-state index contributed by atoms with van der Waals surface area (Å²) in [4.78, 5) is 0. The van der Waals surface area contributed by atoms with E-state index in [0.717, 1.165) is 11.8 Å². The summed E-state index contributed by atoms with van der Waals surface area (Å²) in [5.74, 6) is 3.16. The minimum Gasteiger partial charge on any atom is -0.0848 e. The van der Waals surface area contributed by atoms with E-state index in [4.69, 9.17) is 0 Å². The third kappa shape index (κ3) is 7.47. The average Bonchev–Trinajstić information content (AvgIpc) is 2.78. The maximum absolute atomic E-state index is 2.57. The molecule has 0 amide bonds. The van der Waals surface area contributed by atoms with E-state index in [1.165, 1.54) is 94.6 Å². The number of hydrogen-bond donors (Lipinski definition) is 0. The van der Waals surface area contributed by atoms with Gasteiger partial charge in [0.25, 0.3) is 0 Å². The lowest BCUT2D eigenvalue weighted by molar-refractivity contribution is 0.290. The Morgan fingerprint density at radius 1 is 0.759 bits per heavy atom. The van der Waals surface area contributed by atoms with E-state index >= 15 is 0 Å². The summed E-state index contributed by atoms with van der Waals surface area (Å²) in [7, 11) is 0. The van der Waals surface area contributed by atoms with Crippen LogP contribution >= 0.6 is 0 Å². The molecule has 3 rings (SSSR count). The molecule has 1 aromatic rings. The lowest BCUT2D eigenvalue weighted by atomic mass is 9.79.